The summed E-state index contributed by atoms with van der Waals surface area (Å²) in [5, 5.41) is 20.0. The largest absolute Gasteiger partial charge is 0.387 e. The van der Waals surface area contributed by atoms with Crippen LogP contribution in [0.25, 0.3) is 0 Å². The molecule has 5 heteroatoms. The minimum atomic E-state index is -0.712. The van der Waals surface area contributed by atoms with Gasteiger partial charge < -0.3 is 5.11 Å². The van der Waals surface area contributed by atoms with Gasteiger partial charge in [-0.15, -0.1) is 0 Å². The molecule has 0 spiro atoms. The number of rotatable bonds is 3. The second-order valence-corrected chi connectivity index (χ2v) is 3.24. The molecule has 0 amide bonds. The Morgan fingerprint density at radius 3 is 2.53 bits per heavy atom. The van der Waals surface area contributed by atoms with Gasteiger partial charge in [-0.3, -0.25) is 10.1 Å². The highest BCUT2D eigenvalue weighted by Gasteiger charge is 2.08. The number of nitro benzene ring substituents is 1. The molecule has 1 aromatic rings. The van der Waals surface area contributed by atoms with Crippen LogP contribution in [-0.4, -0.2) is 10.0 Å². The van der Waals surface area contributed by atoms with E-state index in [1.165, 1.54) is 24.3 Å². The van der Waals surface area contributed by atoms with Crippen LogP contribution in [0.5, 0.6) is 0 Å². The summed E-state index contributed by atoms with van der Waals surface area (Å²) in [7, 11) is 0. The van der Waals surface area contributed by atoms with Crippen molar-refractivity contribution in [2.75, 3.05) is 0 Å². The molecule has 0 radical (unpaired) electrons. The van der Waals surface area contributed by atoms with Crippen molar-refractivity contribution in [3.63, 3.8) is 0 Å². The molecule has 1 unspecified atom stereocenters. The summed E-state index contributed by atoms with van der Waals surface area (Å²) < 4.78 is 0. The number of hydrogen-bond acceptors (Lipinski definition) is 3. The number of non-ortho nitro benzene ring substituents is 1. The first-order valence-electron chi connectivity index (χ1n) is 4.16. The van der Waals surface area contributed by atoms with Gasteiger partial charge in [0.1, 0.15) is 0 Å². The maximum Gasteiger partial charge on any atom is 0.269 e. The highest BCUT2D eigenvalue weighted by Crippen LogP contribution is 2.19. The SMILES string of the molecule is O=[N+]([O-])c1ccc(C(O)CC#CBr)cc1. The van der Waals surface area contributed by atoms with Crippen LogP contribution in [0.2, 0.25) is 0 Å². The number of nitro groups is 1. The monoisotopic (exact) mass is 269 g/mol. The van der Waals surface area contributed by atoms with E-state index in [9.17, 15) is 15.2 Å². The molecule has 0 saturated heterocycles. The molecule has 0 saturated carbocycles. The fraction of sp³-hybridized carbons (Fsp3) is 0.200. The summed E-state index contributed by atoms with van der Waals surface area (Å²) in [6.07, 6.45) is -0.417. The molecule has 78 valence electrons. The van der Waals surface area contributed by atoms with E-state index < -0.39 is 11.0 Å². The average molecular weight is 270 g/mol. The van der Waals surface area contributed by atoms with E-state index >= 15 is 0 Å². The summed E-state index contributed by atoms with van der Waals surface area (Å²) in [6.45, 7) is 0. The smallest absolute Gasteiger partial charge is 0.269 e. The third-order valence-electron chi connectivity index (χ3n) is 1.85. The van der Waals surface area contributed by atoms with E-state index in [-0.39, 0.29) is 5.69 Å². The maximum atomic E-state index is 10.4. The standard InChI is InChI=1S/C10H8BrNO3/c11-7-1-2-10(13)8-3-5-9(6-4-8)12(14)15/h3-6,10,13H,2H2. The minimum absolute atomic E-state index is 0.0116. The van der Waals surface area contributed by atoms with Crippen molar-refractivity contribution < 1.29 is 10.0 Å². The molecule has 4 nitrogen and oxygen atoms in total. The van der Waals surface area contributed by atoms with Crippen molar-refractivity contribution in [3.05, 3.63) is 39.9 Å². The Bertz CT molecular complexity index is 405. The zero-order chi connectivity index (χ0) is 11.3. The number of hydrogen-bond donors (Lipinski definition) is 1. The molecule has 0 heterocycles. The van der Waals surface area contributed by atoms with Gasteiger partial charge in [-0.25, -0.2) is 0 Å². The van der Waals surface area contributed by atoms with Crippen LogP contribution >= 0.6 is 15.9 Å². The molecule has 15 heavy (non-hydrogen) atoms. The van der Waals surface area contributed by atoms with Crippen LogP contribution in [0.3, 0.4) is 0 Å². The van der Waals surface area contributed by atoms with E-state index in [1.54, 1.807) is 0 Å². The highest BCUT2D eigenvalue weighted by atomic mass is 79.9. The normalized spacial score (nSPS) is 11.3. The van der Waals surface area contributed by atoms with E-state index in [4.69, 9.17) is 0 Å². The quantitative estimate of drug-likeness (QED) is 0.521. The van der Waals surface area contributed by atoms with Crippen molar-refractivity contribution in [2.24, 2.45) is 0 Å². The third kappa shape index (κ3) is 3.35. The van der Waals surface area contributed by atoms with Gasteiger partial charge in [0.05, 0.1) is 11.0 Å². The number of halogens is 1. The first kappa shape index (κ1) is 11.7. The Balaban J connectivity index is 2.78. The molecule has 0 aliphatic rings. The fourth-order valence-electron chi connectivity index (χ4n) is 1.07. The number of aliphatic hydroxyl groups excluding tert-OH is 1. The lowest BCUT2D eigenvalue weighted by Gasteiger charge is -2.05. The van der Waals surface area contributed by atoms with Gasteiger partial charge in [-0.1, -0.05) is 5.92 Å². The van der Waals surface area contributed by atoms with Gasteiger partial charge in [-0.2, -0.15) is 0 Å². The summed E-state index contributed by atoms with van der Waals surface area (Å²) in [5.74, 6) is 2.67. The first-order valence-corrected chi connectivity index (χ1v) is 4.95. The second-order valence-electron chi connectivity index (χ2n) is 2.84. The van der Waals surface area contributed by atoms with Crippen LogP contribution < -0.4 is 0 Å². The molecular weight excluding hydrogens is 262 g/mol. The second kappa shape index (κ2) is 5.49. The Hall–Kier alpha value is -1.38. The van der Waals surface area contributed by atoms with E-state index in [0.717, 1.165) is 0 Å². The Morgan fingerprint density at radius 1 is 1.47 bits per heavy atom. The molecule has 0 bridgehead atoms. The minimum Gasteiger partial charge on any atom is -0.387 e. The zero-order valence-corrected chi connectivity index (χ0v) is 9.27. The molecule has 0 aromatic heterocycles. The fourth-order valence-corrected chi connectivity index (χ4v) is 1.23. The van der Waals surface area contributed by atoms with Gasteiger partial charge in [0.2, 0.25) is 0 Å². The zero-order valence-electron chi connectivity index (χ0n) is 7.68. The van der Waals surface area contributed by atoms with Crippen molar-refractivity contribution in [3.8, 4) is 10.8 Å². The molecular formula is C10H8BrNO3. The topological polar surface area (TPSA) is 63.4 Å². The summed E-state index contributed by atoms with van der Waals surface area (Å²) >= 11 is 2.92. The Labute approximate surface area is 95.2 Å². The predicted molar refractivity (Wildman–Crippen MR) is 59.4 cm³/mol. The van der Waals surface area contributed by atoms with Gasteiger partial charge in [0.15, 0.2) is 0 Å². The summed E-state index contributed by atoms with van der Waals surface area (Å²) in [6, 6.07) is 5.78. The van der Waals surface area contributed by atoms with Crippen LogP contribution in [0, 0.1) is 20.9 Å². The van der Waals surface area contributed by atoms with E-state index in [2.05, 4.69) is 26.7 Å². The molecule has 1 N–H and O–H groups in total. The lowest BCUT2D eigenvalue weighted by molar-refractivity contribution is -0.384. The van der Waals surface area contributed by atoms with Crippen LogP contribution in [-0.2, 0) is 0 Å². The molecule has 0 aliphatic carbocycles. The number of benzene rings is 1. The highest BCUT2D eigenvalue weighted by molar-refractivity contribution is 9.12. The van der Waals surface area contributed by atoms with Crippen LogP contribution in [0.15, 0.2) is 24.3 Å². The maximum absolute atomic E-state index is 10.4. The average Bonchev–Trinajstić information content (AvgIpc) is 2.26. The predicted octanol–water partition coefficient (Wildman–Crippen LogP) is 2.37. The van der Waals surface area contributed by atoms with Crippen molar-refractivity contribution >= 4 is 21.6 Å². The number of aliphatic hydroxyl groups is 1. The summed E-state index contributed by atoms with van der Waals surface area (Å²) in [4.78, 5) is 12.4. The van der Waals surface area contributed by atoms with E-state index in [0.29, 0.717) is 12.0 Å². The first-order chi connectivity index (χ1) is 7.15. The molecule has 1 rings (SSSR count). The lowest BCUT2D eigenvalue weighted by atomic mass is 10.1. The van der Waals surface area contributed by atoms with Crippen molar-refractivity contribution in [1.29, 1.82) is 0 Å². The van der Waals surface area contributed by atoms with Gasteiger partial charge >= 0.3 is 0 Å². The summed E-state index contributed by atoms with van der Waals surface area (Å²) in [5.41, 5.74) is 0.633. The molecule has 1 atom stereocenters. The van der Waals surface area contributed by atoms with Gasteiger partial charge in [0, 0.05) is 34.5 Å². The lowest BCUT2D eigenvalue weighted by Crippen LogP contribution is -1.96. The number of nitrogens with zero attached hydrogens (tertiary/aromatic N) is 1. The Morgan fingerprint density at radius 2 is 2.07 bits per heavy atom. The molecule has 0 fully saturated rings. The van der Waals surface area contributed by atoms with E-state index in [1.807, 2.05) is 0 Å². The van der Waals surface area contributed by atoms with Crippen molar-refractivity contribution in [1.82, 2.24) is 0 Å². The van der Waals surface area contributed by atoms with Gasteiger partial charge in [-0.05, 0) is 22.5 Å². The van der Waals surface area contributed by atoms with Crippen molar-refractivity contribution in [2.45, 2.75) is 12.5 Å². The van der Waals surface area contributed by atoms with Crippen LogP contribution in [0.1, 0.15) is 18.1 Å². The molecule has 1 aromatic carbocycles. The third-order valence-corrected chi connectivity index (χ3v) is 2.13. The van der Waals surface area contributed by atoms with Crippen LogP contribution in [0.4, 0.5) is 5.69 Å². The van der Waals surface area contributed by atoms with Gasteiger partial charge in [0.25, 0.3) is 5.69 Å². The Kier molecular flexibility index (Phi) is 4.28. The molecule has 0 aliphatic heterocycles.